The van der Waals surface area contributed by atoms with Gasteiger partial charge in [0, 0.05) is 11.4 Å². The van der Waals surface area contributed by atoms with E-state index in [2.05, 4.69) is 26.4 Å². The fourth-order valence-electron chi connectivity index (χ4n) is 1.38. The van der Waals surface area contributed by atoms with Crippen molar-refractivity contribution in [2.45, 2.75) is 18.1 Å². The molecule has 2 aromatic rings. The Balaban J connectivity index is 1.89. The van der Waals surface area contributed by atoms with Crippen molar-refractivity contribution in [2.75, 3.05) is 12.9 Å². The molecule has 0 N–H and O–H groups in total. The summed E-state index contributed by atoms with van der Waals surface area (Å²) < 4.78 is 6.54. The molecule has 0 saturated carbocycles. The molecule has 0 spiro atoms. The second kappa shape index (κ2) is 6.55. The van der Waals surface area contributed by atoms with Gasteiger partial charge in [-0.3, -0.25) is 4.79 Å². The zero-order chi connectivity index (χ0) is 12.8. The van der Waals surface area contributed by atoms with Crippen LogP contribution in [0.1, 0.15) is 4.88 Å². The molecule has 0 aromatic carbocycles. The molecule has 0 radical (unpaired) electrons. The number of carbonyl (C=O) groups is 1. The van der Waals surface area contributed by atoms with E-state index in [1.54, 1.807) is 17.7 Å². The van der Waals surface area contributed by atoms with Crippen molar-refractivity contribution in [1.29, 1.82) is 0 Å². The number of carbonyl (C=O) groups excluding carboxylic acids is 1. The summed E-state index contributed by atoms with van der Waals surface area (Å²) in [4.78, 5) is 12.4. The zero-order valence-corrected chi connectivity index (χ0v) is 11.5. The number of hydrogen-bond donors (Lipinski definition) is 0. The van der Waals surface area contributed by atoms with E-state index in [1.807, 2.05) is 10.6 Å². The Labute approximate surface area is 113 Å². The molecule has 2 aromatic heterocycles. The molecule has 96 valence electrons. The molecule has 0 fully saturated rings. The number of thiophene rings is 1. The second-order valence-electron chi connectivity index (χ2n) is 3.50. The van der Waals surface area contributed by atoms with Crippen molar-refractivity contribution in [3.8, 4) is 0 Å². The molecular weight excluding hydrogens is 270 g/mol. The first-order chi connectivity index (χ1) is 8.79. The smallest absolute Gasteiger partial charge is 0.316 e. The number of methoxy groups -OCH3 is 1. The molecule has 0 aliphatic carbocycles. The predicted molar refractivity (Wildman–Crippen MR) is 70.8 cm³/mol. The van der Waals surface area contributed by atoms with Crippen molar-refractivity contribution in [3.63, 3.8) is 0 Å². The van der Waals surface area contributed by atoms with E-state index in [1.165, 1.54) is 23.7 Å². The largest absolute Gasteiger partial charge is 0.468 e. The van der Waals surface area contributed by atoms with Gasteiger partial charge >= 0.3 is 5.97 Å². The van der Waals surface area contributed by atoms with Crippen molar-refractivity contribution in [1.82, 2.24) is 14.8 Å². The maximum absolute atomic E-state index is 11.1. The van der Waals surface area contributed by atoms with Gasteiger partial charge in [0.1, 0.15) is 6.33 Å². The van der Waals surface area contributed by atoms with Crippen LogP contribution in [0.25, 0.3) is 0 Å². The minimum absolute atomic E-state index is 0.257. The summed E-state index contributed by atoms with van der Waals surface area (Å²) >= 11 is 3.08. The first kappa shape index (κ1) is 13.1. The van der Waals surface area contributed by atoms with E-state index in [9.17, 15) is 4.79 Å². The number of hydrogen-bond acceptors (Lipinski definition) is 6. The van der Waals surface area contributed by atoms with Gasteiger partial charge < -0.3 is 9.30 Å². The second-order valence-corrected chi connectivity index (χ2v) is 5.48. The third kappa shape index (κ3) is 3.58. The first-order valence-electron chi connectivity index (χ1n) is 5.39. The molecule has 2 heterocycles. The van der Waals surface area contributed by atoms with Gasteiger partial charge in [-0.05, 0) is 17.9 Å². The Morgan fingerprint density at radius 3 is 3.22 bits per heavy atom. The van der Waals surface area contributed by atoms with E-state index < -0.39 is 0 Å². The molecule has 0 aliphatic heterocycles. The van der Waals surface area contributed by atoms with Crippen molar-refractivity contribution < 1.29 is 9.53 Å². The molecule has 0 saturated heterocycles. The van der Waals surface area contributed by atoms with Gasteiger partial charge in [0.25, 0.3) is 0 Å². The minimum atomic E-state index is -0.257. The van der Waals surface area contributed by atoms with Crippen LogP contribution in [0, 0.1) is 0 Å². The molecular formula is C11H13N3O2S2. The van der Waals surface area contributed by atoms with Crippen LogP contribution in [-0.4, -0.2) is 33.6 Å². The number of esters is 1. The van der Waals surface area contributed by atoms with Crippen LogP contribution < -0.4 is 0 Å². The van der Waals surface area contributed by atoms with Crippen LogP contribution in [0.15, 0.2) is 29.0 Å². The Morgan fingerprint density at radius 2 is 2.50 bits per heavy atom. The molecule has 18 heavy (non-hydrogen) atoms. The average Bonchev–Trinajstić information content (AvgIpc) is 3.04. The lowest BCUT2D eigenvalue weighted by Gasteiger charge is -2.04. The molecule has 0 aliphatic rings. The fourth-order valence-corrected chi connectivity index (χ4v) is 2.85. The van der Waals surface area contributed by atoms with Crippen LogP contribution >= 0.6 is 23.1 Å². The lowest BCUT2D eigenvalue weighted by Crippen LogP contribution is -2.06. The van der Waals surface area contributed by atoms with Crippen LogP contribution in [0.5, 0.6) is 0 Å². The predicted octanol–water partition coefficient (Wildman–Crippen LogP) is 1.85. The van der Waals surface area contributed by atoms with Gasteiger partial charge in [0.05, 0.1) is 12.9 Å². The average molecular weight is 283 g/mol. The Bertz CT molecular complexity index is 496. The summed E-state index contributed by atoms with van der Waals surface area (Å²) in [5.74, 6) is 0.00147. The van der Waals surface area contributed by atoms with Crippen molar-refractivity contribution in [2.24, 2.45) is 0 Å². The van der Waals surface area contributed by atoms with Gasteiger partial charge in [-0.15, -0.1) is 21.5 Å². The molecule has 7 heteroatoms. The fraction of sp³-hybridized carbons (Fsp3) is 0.364. The standard InChI is InChI=1S/C11H13N3O2S2/c1-16-10(15)7-18-11-13-12-8-14(11)5-4-9-3-2-6-17-9/h2-3,6,8H,4-5,7H2,1H3. The van der Waals surface area contributed by atoms with E-state index in [-0.39, 0.29) is 11.7 Å². The molecule has 0 unspecified atom stereocenters. The summed E-state index contributed by atoms with van der Waals surface area (Å²) in [6, 6.07) is 4.15. The minimum Gasteiger partial charge on any atom is -0.468 e. The highest BCUT2D eigenvalue weighted by atomic mass is 32.2. The number of thioether (sulfide) groups is 1. The Kier molecular flexibility index (Phi) is 4.77. The summed E-state index contributed by atoms with van der Waals surface area (Å²) in [5.41, 5.74) is 0. The highest BCUT2D eigenvalue weighted by molar-refractivity contribution is 7.99. The third-order valence-corrected chi connectivity index (χ3v) is 4.20. The van der Waals surface area contributed by atoms with Crippen LogP contribution in [0.2, 0.25) is 0 Å². The molecule has 2 rings (SSSR count). The Hall–Kier alpha value is -1.34. The van der Waals surface area contributed by atoms with Gasteiger partial charge in [0.2, 0.25) is 0 Å². The quantitative estimate of drug-likeness (QED) is 0.598. The van der Waals surface area contributed by atoms with E-state index in [0.717, 1.165) is 18.1 Å². The van der Waals surface area contributed by atoms with Crippen LogP contribution in [0.3, 0.4) is 0 Å². The molecule has 0 bridgehead atoms. The monoisotopic (exact) mass is 283 g/mol. The maximum Gasteiger partial charge on any atom is 0.316 e. The van der Waals surface area contributed by atoms with Crippen molar-refractivity contribution >= 4 is 29.1 Å². The molecule has 5 nitrogen and oxygen atoms in total. The van der Waals surface area contributed by atoms with Gasteiger partial charge in [-0.25, -0.2) is 0 Å². The lowest BCUT2D eigenvalue weighted by atomic mass is 10.3. The first-order valence-corrected chi connectivity index (χ1v) is 7.26. The topological polar surface area (TPSA) is 57.0 Å². The number of rotatable bonds is 6. The summed E-state index contributed by atoms with van der Waals surface area (Å²) in [6.45, 7) is 0.816. The van der Waals surface area contributed by atoms with E-state index in [0.29, 0.717) is 0 Å². The Morgan fingerprint density at radius 1 is 1.61 bits per heavy atom. The molecule has 0 atom stereocenters. The van der Waals surface area contributed by atoms with Gasteiger partial charge in [-0.1, -0.05) is 17.8 Å². The number of nitrogens with zero attached hydrogens (tertiary/aromatic N) is 3. The van der Waals surface area contributed by atoms with Crippen molar-refractivity contribution in [3.05, 3.63) is 28.7 Å². The number of ether oxygens (including phenoxy) is 1. The lowest BCUT2D eigenvalue weighted by molar-refractivity contribution is -0.137. The maximum atomic E-state index is 11.1. The van der Waals surface area contributed by atoms with Crippen LogP contribution in [0.4, 0.5) is 0 Å². The summed E-state index contributed by atoms with van der Waals surface area (Å²) in [7, 11) is 1.38. The summed E-state index contributed by atoms with van der Waals surface area (Å²) in [6.07, 6.45) is 2.63. The zero-order valence-electron chi connectivity index (χ0n) is 9.91. The SMILES string of the molecule is COC(=O)CSc1nncn1CCc1cccs1. The highest BCUT2D eigenvalue weighted by Crippen LogP contribution is 2.16. The van der Waals surface area contributed by atoms with Gasteiger partial charge in [-0.2, -0.15) is 0 Å². The number of aromatic nitrogens is 3. The summed E-state index contributed by atoms with van der Waals surface area (Å²) in [5, 5.41) is 10.7. The highest BCUT2D eigenvalue weighted by Gasteiger charge is 2.08. The number of aryl methyl sites for hydroxylation is 2. The third-order valence-electron chi connectivity index (χ3n) is 2.31. The normalized spacial score (nSPS) is 10.5. The van der Waals surface area contributed by atoms with E-state index in [4.69, 9.17) is 0 Å². The van der Waals surface area contributed by atoms with Gasteiger partial charge in [0.15, 0.2) is 5.16 Å². The molecule has 0 amide bonds. The van der Waals surface area contributed by atoms with E-state index >= 15 is 0 Å². The van der Waals surface area contributed by atoms with Crippen LogP contribution in [-0.2, 0) is 22.5 Å².